The first-order chi connectivity index (χ1) is 11.6. The zero-order valence-electron chi connectivity index (χ0n) is 13.0. The van der Waals surface area contributed by atoms with Crippen molar-refractivity contribution in [2.24, 2.45) is 7.05 Å². The number of benzene rings is 1. The Morgan fingerprint density at radius 3 is 2.79 bits per heavy atom. The molecule has 0 radical (unpaired) electrons. The molecule has 0 aliphatic rings. The molecule has 3 rings (SSSR count). The lowest BCUT2D eigenvalue weighted by Crippen LogP contribution is -2.34. The van der Waals surface area contributed by atoms with Crippen molar-refractivity contribution in [3.05, 3.63) is 59.0 Å². The van der Waals surface area contributed by atoms with Crippen LogP contribution in [0.2, 0.25) is 0 Å². The molecule has 122 valence electrons. The number of carbonyl (C=O) groups excluding carboxylic acids is 2. The normalized spacial score (nSPS) is 10.4. The van der Waals surface area contributed by atoms with Crippen molar-refractivity contribution in [2.75, 3.05) is 5.32 Å². The average molecular weight is 340 g/mol. The van der Waals surface area contributed by atoms with Crippen LogP contribution in [0.1, 0.15) is 5.56 Å². The van der Waals surface area contributed by atoms with Crippen molar-refractivity contribution in [2.45, 2.75) is 6.54 Å². The average Bonchev–Trinajstić information content (AvgIpc) is 3.24. The summed E-state index contributed by atoms with van der Waals surface area (Å²) in [6.45, 7) is 0.282. The van der Waals surface area contributed by atoms with Gasteiger partial charge in [0.1, 0.15) is 0 Å². The van der Waals surface area contributed by atoms with E-state index in [0.717, 1.165) is 16.7 Å². The lowest BCUT2D eigenvalue weighted by molar-refractivity contribution is -0.136. The van der Waals surface area contributed by atoms with Gasteiger partial charge in [0.25, 0.3) is 0 Å². The molecule has 0 saturated heterocycles. The van der Waals surface area contributed by atoms with Gasteiger partial charge in [-0.25, -0.2) is 0 Å². The predicted octanol–water partition coefficient (Wildman–Crippen LogP) is 2.40. The molecule has 0 aliphatic carbocycles. The van der Waals surface area contributed by atoms with E-state index in [1.165, 1.54) is 11.3 Å². The van der Waals surface area contributed by atoms with Gasteiger partial charge in [-0.05, 0) is 28.6 Å². The summed E-state index contributed by atoms with van der Waals surface area (Å²) < 4.78 is 1.73. The standard InChI is InChI=1S/C17H16N4O2S/c1-21-10-14(9-19-21)13-4-2-3-12(7-13)8-18-16(22)17(23)20-15-5-6-24-11-15/h2-7,9-11H,8H2,1H3,(H,18,22)(H,20,23). The van der Waals surface area contributed by atoms with E-state index in [1.807, 2.05) is 42.9 Å². The van der Waals surface area contributed by atoms with E-state index in [1.54, 1.807) is 22.3 Å². The van der Waals surface area contributed by atoms with E-state index in [0.29, 0.717) is 5.69 Å². The number of carbonyl (C=O) groups is 2. The van der Waals surface area contributed by atoms with Crippen LogP contribution in [0.4, 0.5) is 5.69 Å². The fourth-order valence-electron chi connectivity index (χ4n) is 2.22. The Hall–Kier alpha value is -2.93. The lowest BCUT2D eigenvalue weighted by Gasteiger charge is -2.07. The number of aryl methyl sites for hydroxylation is 1. The third-order valence-corrected chi connectivity index (χ3v) is 4.09. The van der Waals surface area contributed by atoms with Gasteiger partial charge >= 0.3 is 11.8 Å². The Balaban J connectivity index is 1.60. The number of rotatable bonds is 4. The number of anilines is 1. The van der Waals surface area contributed by atoms with Crippen molar-refractivity contribution < 1.29 is 9.59 Å². The van der Waals surface area contributed by atoms with E-state index in [2.05, 4.69) is 15.7 Å². The molecule has 2 N–H and O–H groups in total. The molecule has 0 spiro atoms. The largest absolute Gasteiger partial charge is 0.344 e. The zero-order chi connectivity index (χ0) is 16.9. The molecule has 24 heavy (non-hydrogen) atoms. The second-order valence-corrected chi connectivity index (χ2v) is 6.03. The molecule has 2 heterocycles. The molecule has 0 aliphatic heterocycles. The number of amides is 2. The van der Waals surface area contributed by atoms with E-state index in [-0.39, 0.29) is 6.54 Å². The quantitative estimate of drug-likeness (QED) is 0.716. The fourth-order valence-corrected chi connectivity index (χ4v) is 2.81. The fraction of sp³-hybridized carbons (Fsp3) is 0.118. The van der Waals surface area contributed by atoms with E-state index < -0.39 is 11.8 Å². The predicted molar refractivity (Wildman–Crippen MR) is 93.4 cm³/mol. The number of hydrogen-bond donors (Lipinski definition) is 2. The second-order valence-electron chi connectivity index (χ2n) is 5.25. The third kappa shape index (κ3) is 3.88. The van der Waals surface area contributed by atoms with Crippen LogP contribution in [0.25, 0.3) is 11.1 Å². The Morgan fingerprint density at radius 1 is 1.21 bits per heavy atom. The van der Waals surface area contributed by atoms with Crippen LogP contribution in [0.15, 0.2) is 53.5 Å². The summed E-state index contributed by atoms with van der Waals surface area (Å²) in [5, 5.41) is 12.9. The summed E-state index contributed by atoms with van der Waals surface area (Å²) in [5.74, 6) is -1.33. The lowest BCUT2D eigenvalue weighted by atomic mass is 10.1. The van der Waals surface area contributed by atoms with Crippen LogP contribution in [-0.2, 0) is 23.2 Å². The van der Waals surface area contributed by atoms with E-state index in [4.69, 9.17) is 0 Å². The summed E-state index contributed by atoms with van der Waals surface area (Å²) in [6.07, 6.45) is 3.71. The topological polar surface area (TPSA) is 76.0 Å². The van der Waals surface area contributed by atoms with Gasteiger partial charge in [0.15, 0.2) is 0 Å². The maximum absolute atomic E-state index is 11.9. The molecular weight excluding hydrogens is 324 g/mol. The van der Waals surface area contributed by atoms with Gasteiger partial charge in [-0.2, -0.15) is 16.4 Å². The van der Waals surface area contributed by atoms with Crippen molar-refractivity contribution in [3.8, 4) is 11.1 Å². The molecule has 3 aromatic rings. The SMILES string of the molecule is Cn1cc(-c2cccc(CNC(=O)C(=O)Nc3ccsc3)c2)cn1. The Labute approximate surface area is 143 Å². The summed E-state index contributed by atoms with van der Waals surface area (Å²) in [7, 11) is 1.86. The highest BCUT2D eigenvalue weighted by Crippen LogP contribution is 2.19. The van der Waals surface area contributed by atoms with E-state index >= 15 is 0 Å². The monoisotopic (exact) mass is 340 g/mol. The first kappa shape index (κ1) is 15.9. The molecule has 2 aromatic heterocycles. The Kier molecular flexibility index (Phi) is 4.72. The molecule has 0 saturated carbocycles. The van der Waals surface area contributed by atoms with Crippen LogP contribution in [-0.4, -0.2) is 21.6 Å². The number of nitrogens with one attached hydrogen (secondary N) is 2. The first-order valence-electron chi connectivity index (χ1n) is 7.31. The third-order valence-electron chi connectivity index (χ3n) is 3.40. The highest BCUT2D eigenvalue weighted by atomic mass is 32.1. The molecule has 6 nitrogen and oxygen atoms in total. The molecule has 0 atom stereocenters. The van der Waals surface area contributed by atoms with Crippen molar-refractivity contribution in [1.82, 2.24) is 15.1 Å². The van der Waals surface area contributed by atoms with Gasteiger partial charge in [-0.1, -0.05) is 18.2 Å². The minimum atomic E-state index is -0.670. The highest BCUT2D eigenvalue weighted by molar-refractivity contribution is 7.08. The molecule has 0 fully saturated rings. The van der Waals surface area contributed by atoms with Crippen molar-refractivity contribution in [1.29, 1.82) is 0 Å². The molecular formula is C17H16N4O2S. The zero-order valence-corrected chi connectivity index (χ0v) is 13.8. The number of hydrogen-bond acceptors (Lipinski definition) is 4. The summed E-state index contributed by atoms with van der Waals surface area (Å²) in [5.41, 5.74) is 3.55. The van der Waals surface area contributed by atoms with Crippen LogP contribution < -0.4 is 10.6 Å². The van der Waals surface area contributed by atoms with Crippen LogP contribution in [0.5, 0.6) is 0 Å². The molecule has 2 amide bonds. The van der Waals surface area contributed by atoms with Crippen LogP contribution in [0.3, 0.4) is 0 Å². The van der Waals surface area contributed by atoms with E-state index in [9.17, 15) is 9.59 Å². The highest BCUT2D eigenvalue weighted by Gasteiger charge is 2.13. The van der Waals surface area contributed by atoms with Gasteiger partial charge in [-0.3, -0.25) is 14.3 Å². The smallest absolute Gasteiger partial charge is 0.313 e. The summed E-state index contributed by atoms with van der Waals surface area (Å²) in [6, 6.07) is 9.50. The minimum Gasteiger partial charge on any atom is -0.344 e. The maximum atomic E-state index is 11.9. The second kappa shape index (κ2) is 7.10. The molecule has 0 bridgehead atoms. The van der Waals surface area contributed by atoms with Crippen LogP contribution >= 0.6 is 11.3 Å². The number of aromatic nitrogens is 2. The van der Waals surface area contributed by atoms with Gasteiger partial charge in [-0.15, -0.1) is 0 Å². The van der Waals surface area contributed by atoms with Gasteiger partial charge in [0.05, 0.1) is 11.9 Å². The number of nitrogens with zero attached hydrogens (tertiary/aromatic N) is 2. The van der Waals surface area contributed by atoms with Crippen LogP contribution in [0, 0.1) is 0 Å². The minimum absolute atomic E-state index is 0.282. The molecule has 1 aromatic carbocycles. The van der Waals surface area contributed by atoms with Crippen molar-refractivity contribution in [3.63, 3.8) is 0 Å². The van der Waals surface area contributed by atoms with Gasteiger partial charge < -0.3 is 10.6 Å². The van der Waals surface area contributed by atoms with Gasteiger partial charge in [0.2, 0.25) is 0 Å². The Bertz CT molecular complexity index is 855. The first-order valence-corrected chi connectivity index (χ1v) is 8.25. The van der Waals surface area contributed by atoms with Gasteiger partial charge in [0, 0.05) is 30.7 Å². The van der Waals surface area contributed by atoms with Crippen molar-refractivity contribution >= 4 is 28.8 Å². The maximum Gasteiger partial charge on any atom is 0.313 e. The summed E-state index contributed by atoms with van der Waals surface area (Å²) >= 11 is 1.45. The number of thiophene rings is 1. The molecule has 0 unspecified atom stereocenters. The Morgan fingerprint density at radius 2 is 2.08 bits per heavy atom. The molecule has 7 heteroatoms. The summed E-state index contributed by atoms with van der Waals surface area (Å²) in [4.78, 5) is 23.7.